The molecule has 0 radical (unpaired) electrons. The van der Waals surface area contributed by atoms with E-state index in [1.54, 1.807) is 7.11 Å². The van der Waals surface area contributed by atoms with Crippen molar-refractivity contribution in [3.63, 3.8) is 0 Å². The van der Waals surface area contributed by atoms with Gasteiger partial charge < -0.3 is 15.2 Å². The molecule has 2 atom stereocenters. The lowest BCUT2D eigenvalue weighted by atomic mass is 10.1. The first-order valence-electron chi connectivity index (χ1n) is 7.34. The molecule has 0 bridgehead atoms. The summed E-state index contributed by atoms with van der Waals surface area (Å²) in [4.78, 5) is 22.9. The lowest BCUT2D eigenvalue weighted by molar-refractivity contribution is -0.141. The van der Waals surface area contributed by atoms with E-state index in [4.69, 9.17) is 9.84 Å². The van der Waals surface area contributed by atoms with E-state index < -0.39 is 5.97 Å². The van der Waals surface area contributed by atoms with Gasteiger partial charge in [-0.2, -0.15) is 0 Å². The third-order valence-corrected chi connectivity index (χ3v) is 4.62. The van der Waals surface area contributed by atoms with Crippen LogP contribution in [0.3, 0.4) is 0 Å². The quantitative estimate of drug-likeness (QED) is 0.808. The van der Waals surface area contributed by atoms with Crippen molar-refractivity contribution < 1.29 is 19.4 Å². The van der Waals surface area contributed by atoms with Crippen molar-refractivity contribution in [1.29, 1.82) is 0 Å². The zero-order chi connectivity index (χ0) is 16.1. The highest BCUT2D eigenvalue weighted by Crippen LogP contribution is 2.27. The molecule has 0 spiro atoms. The predicted molar refractivity (Wildman–Crippen MR) is 85.9 cm³/mol. The zero-order valence-corrected chi connectivity index (χ0v) is 14.1. The summed E-state index contributed by atoms with van der Waals surface area (Å²) in [6.07, 6.45) is 2.97. The fourth-order valence-corrected chi connectivity index (χ4v) is 3.35. The average molecular weight is 370 g/mol. The van der Waals surface area contributed by atoms with Crippen LogP contribution in [-0.4, -0.2) is 30.1 Å². The van der Waals surface area contributed by atoms with E-state index in [1.807, 2.05) is 18.2 Å². The first-order valence-corrected chi connectivity index (χ1v) is 8.13. The van der Waals surface area contributed by atoms with Gasteiger partial charge in [0.15, 0.2) is 0 Å². The van der Waals surface area contributed by atoms with Crippen molar-refractivity contribution in [2.24, 2.45) is 5.92 Å². The number of carbonyl (C=O) groups is 2. The molecule has 2 N–H and O–H groups in total. The maximum absolute atomic E-state index is 12.0. The van der Waals surface area contributed by atoms with Gasteiger partial charge in [0.25, 0.3) is 0 Å². The Kier molecular flexibility index (Phi) is 5.83. The van der Waals surface area contributed by atoms with Crippen molar-refractivity contribution in [3.05, 3.63) is 28.2 Å². The Labute approximate surface area is 138 Å². The van der Waals surface area contributed by atoms with Gasteiger partial charge >= 0.3 is 5.97 Å². The third-order valence-electron chi connectivity index (χ3n) is 4.00. The smallest absolute Gasteiger partial charge is 0.306 e. The molecule has 1 amide bonds. The van der Waals surface area contributed by atoms with Crippen LogP contribution in [0.4, 0.5) is 0 Å². The largest absolute Gasteiger partial charge is 0.496 e. The summed E-state index contributed by atoms with van der Waals surface area (Å²) in [6.45, 7) is 0. The fourth-order valence-electron chi connectivity index (χ4n) is 2.76. The summed E-state index contributed by atoms with van der Waals surface area (Å²) in [5.74, 6) is -0.343. The zero-order valence-electron chi connectivity index (χ0n) is 12.5. The molecule has 1 aliphatic rings. The Morgan fingerprint density at radius 1 is 1.41 bits per heavy atom. The highest BCUT2D eigenvalue weighted by atomic mass is 79.9. The van der Waals surface area contributed by atoms with E-state index in [9.17, 15) is 9.59 Å². The highest BCUT2D eigenvalue weighted by Gasteiger charge is 2.30. The molecule has 6 heteroatoms. The predicted octanol–water partition coefficient (Wildman–Crippen LogP) is 2.76. The molecular formula is C16H20BrNO4. The maximum atomic E-state index is 12.0. The molecule has 22 heavy (non-hydrogen) atoms. The molecule has 5 nitrogen and oxygen atoms in total. The number of hydrogen-bond acceptors (Lipinski definition) is 3. The van der Waals surface area contributed by atoms with Crippen molar-refractivity contribution in [1.82, 2.24) is 5.32 Å². The Morgan fingerprint density at radius 3 is 2.77 bits per heavy atom. The first-order chi connectivity index (χ1) is 10.5. The van der Waals surface area contributed by atoms with Crippen LogP contribution in [0.1, 0.15) is 31.2 Å². The Balaban J connectivity index is 1.78. The second-order valence-electron chi connectivity index (χ2n) is 5.58. The molecule has 0 saturated heterocycles. The van der Waals surface area contributed by atoms with Gasteiger partial charge in [0.05, 0.1) is 17.5 Å². The monoisotopic (exact) mass is 369 g/mol. The van der Waals surface area contributed by atoms with Gasteiger partial charge in [-0.3, -0.25) is 9.59 Å². The maximum Gasteiger partial charge on any atom is 0.306 e. The van der Waals surface area contributed by atoms with Gasteiger partial charge in [-0.1, -0.05) is 6.07 Å². The van der Waals surface area contributed by atoms with E-state index in [0.29, 0.717) is 25.7 Å². The molecule has 1 aromatic rings. The summed E-state index contributed by atoms with van der Waals surface area (Å²) >= 11 is 3.42. The molecule has 0 heterocycles. The van der Waals surface area contributed by atoms with Gasteiger partial charge in [-0.05, 0) is 59.3 Å². The van der Waals surface area contributed by atoms with Gasteiger partial charge in [0, 0.05) is 12.5 Å². The van der Waals surface area contributed by atoms with Crippen LogP contribution in [0.5, 0.6) is 5.75 Å². The highest BCUT2D eigenvalue weighted by molar-refractivity contribution is 9.10. The van der Waals surface area contributed by atoms with Crippen LogP contribution in [0.25, 0.3) is 0 Å². The number of amides is 1. The van der Waals surface area contributed by atoms with Crippen LogP contribution in [0, 0.1) is 5.92 Å². The first kappa shape index (κ1) is 16.8. The average Bonchev–Trinajstić information content (AvgIpc) is 2.94. The van der Waals surface area contributed by atoms with Gasteiger partial charge in [-0.15, -0.1) is 0 Å². The standard InChI is InChI=1S/C16H20BrNO4/c1-22-14-6-2-10(8-13(14)17)3-7-15(19)18-12-5-4-11(9-12)16(20)21/h2,6,8,11-12H,3-5,7,9H2,1H3,(H,18,19)(H,20,21)/t11-,12+/m1/s1. The number of carboxylic acids is 1. The summed E-state index contributed by atoms with van der Waals surface area (Å²) in [6, 6.07) is 5.75. The Morgan fingerprint density at radius 2 is 2.18 bits per heavy atom. The van der Waals surface area contributed by atoms with Crippen molar-refractivity contribution in [2.75, 3.05) is 7.11 Å². The summed E-state index contributed by atoms with van der Waals surface area (Å²) in [5.41, 5.74) is 1.05. The van der Waals surface area contributed by atoms with Crippen LogP contribution >= 0.6 is 15.9 Å². The van der Waals surface area contributed by atoms with E-state index in [1.165, 1.54) is 0 Å². The summed E-state index contributed by atoms with van der Waals surface area (Å²) in [5, 5.41) is 11.9. The molecule has 1 fully saturated rings. The topological polar surface area (TPSA) is 75.6 Å². The fraction of sp³-hybridized carbons (Fsp3) is 0.500. The van der Waals surface area contributed by atoms with Crippen molar-refractivity contribution >= 4 is 27.8 Å². The van der Waals surface area contributed by atoms with Crippen LogP contribution in [-0.2, 0) is 16.0 Å². The van der Waals surface area contributed by atoms with E-state index in [2.05, 4.69) is 21.2 Å². The number of rotatable bonds is 6. The lowest BCUT2D eigenvalue weighted by Crippen LogP contribution is -2.33. The number of carbonyl (C=O) groups excluding carboxylic acids is 1. The molecular weight excluding hydrogens is 350 g/mol. The van der Waals surface area contributed by atoms with Crippen LogP contribution in [0.2, 0.25) is 0 Å². The second kappa shape index (κ2) is 7.63. The van der Waals surface area contributed by atoms with Gasteiger partial charge in [0.2, 0.25) is 5.91 Å². The van der Waals surface area contributed by atoms with E-state index >= 15 is 0 Å². The number of halogens is 1. The minimum atomic E-state index is -0.764. The Bertz CT molecular complexity index is 561. The number of aryl methyl sites for hydroxylation is 1. The number of aliphatic carboxylic acids is 1. The third kappa shape index (κ3) is 4.47. The molecule has 1 aliphatic carbocycles. The molecule has 2 rings (SSSR count). The van der Waals surface area contributed by atoms with Crippen molar-refractivity contribution in [3.8, 4) is 5.75 Å². The lowest BCUT2D eigenvalue weighted by Gasteiger charge is -2.12. The van der Waals surface area contributed by atoms with Crippen LogP contribution < -0.4 is 10.1 Å². The second-order valence-corrected chi connectivity index (χ2v) is 6.44. The molecule has 0 unspecified atom stereocenters. The molecule has 0 aromatic heterocycles. The van der Waals surface area contributed by atoms with Crippen LogP contribution in [0.15, 0.2) is 22.7 Å². The summed E-state index contributed by atoms with van der Waals surface area (Å²) < 4.78 is 6.04. The number of carboxylic acid groups (broad SMARTS) is 1. The van der Waals surface area contributed by atoms with E-state index in [-0.39, 0.29) is 17.9 Å². The van der Waals surface area contributed by atoms with Gasteiger partial charge in [0.1, 0.15) is 5.75 Å². The minimum Gasteiger partial charge on any atom is -0.496 e. The van der Waals surface area contributed by atoms with Crippen molar-refractivity contribution in [2.45, 2.75) is 38.1 Å². The molecule has 120 valence electrons. The number of nitrogens with one attached hydrogen (secondary N) is 1. The van der Waals surface area contributed by atoms with E-state index in [0.717, 1.165) is 22.2 Å². The number of ether oxygens (including phenoxy) is 1. The number of hydrogen-bond donors (Lipinski definition) is 2. The molecule has 0 aliphatic heterocycles. The SMILES string of the molecule is COc1ccc(CCC(=O)N[C@H]2CC[C@@H](C(=O)O)C2)cc1Br. The minimum absolute atomic E-state index is 0.00352. The molecule has 1 aromatic carbocycles. The Hall–Kier alpha value is -1.56. The number of benzene rings is 1. The van der Waals surface area contributed by atoms with Gasteiger partial charge in [-0.25, -0.2) is 0 Å². The molecule has 1 saturated carbocycles. The normalized spacial score (nSPS) is 20.6. The summed E-state index contributed by atoms with van der Waals surface area (Å²) in [7, 11) is 1.61. The number of methoxy groups -OCH3 is 1.